The topological polar surface area (TPSA) is 147 Å². The van der Waals surface area contributed by atoms with Gasteiger partial charge in [0, 0.05) is 49.4 Å². The van der Waals surface area contributed by atoms with Gasteiger partial charge in [-0.05, 0) is 30.3 Å². The minimum absolute atomic E-state index is 0.164. The number of aryl methyl sites for hydroxylation is 2. The molecule has 0 bridgehead atoms. The average molecular weight is 522 g/mol. The highest BCUT2D eigenvalue weighted by Gasteiger charge is 2.27. The number of aromatic nitrogens is 9. The van der Waals surface area contributed by atoms with E-state index in [9.17, 15) is 4.79 Å². The predicted octanol–water partition coefficient (Wildman–Crippen LogP) is 2.90. The smallest absolute Gasteiger partial charge is 0.256 e. The molecule has 13 heteroatoms. The maximum absolute atomic E-state index is 12.8. The molecule has 4 heterocycles. The number of anilines is 3. The second kappa shape index (κ2) is 9.37. The van der Waals surface area contributed by atoms with Crippen LogP contribution < -0.4 is 15.4 Å². The van der Waals surface area contributed by atoms with Crippen LogP contribution in [-0.4, -0.2) is 57.1 Å². The summed E-state index contributed by atoms with van der Waals surface area (Å²) in [6, 6.07) is 14.9. The lowest BCUT2D eigenvalue weighted by Crippen LogP contribution is -2.18. The Morgan fingerprint density at radius 2 is 1.59 bits per heavy atom. The fourth-order valence-electron chi connectivity index (χ4n) is 4.33. The number of fused-ring (bicyclic) bond motifs is 1. The van der Waals surface area contributed by atoms with Crippen molar-refractivity contribution >= 4 is 28.7 Å². The summed E-state index contributed by atoms with van der Waals surface area (Å²) in [5.41, 5.74) is 9.19. The third-order valence-corrected chi connectivity index (χ3v) is 6.04. The first-order chi connectivity index (χ1) is 18.9. The Bertz CT molecular complexity index is 1830. The van der Waals surface area contributed by atoms with Gasteiger partial charge in [-0.15, -0.1) is 5.10 Å². The molecule has 13 nitrogen and oxygen atoms in total. The minimum Gasteiger partial charge on any atom is -0.497 e. The molecule has 194 valence electrons. The second-order valence-corrected chi connectivity index (χ2v) is 8.74. The molecule has 0 spiro atoms. The van der Waals surface area contributed by atoms with Crippen molar-refractivity contribution in [2.75, 3.05) is 12.0 Å². The third-order valence-electron chi connectivity index (χ3n) is 6.04. The van der Waals surface area contributed by atoms with E-state index >= 15 is 0 Å². The highest BCUT2D eigenvalue weighted by molar-refractivity contribution is 6.05. The molecule has 0 unspecified atom stereocenters. The van der Waals surface area contributed by atoms with Gasteiger partial charge in [0.2, 0.25) is 0 Å². The number of amides is 1. The predicted molar refractivity (Wildman–Crippen MR) is 143 cm³/mol. The van der Waals surface area contributed by atoms with Crippen LogP contribution in [0.25, 0.3) is 28.4 Å². The van der Waals surface area contributed by atoms with Gasteiger partial charge in [-0.2, -0.15) is 10.2 Å². The zero-order valence-corrected chi connectivity index (χ0v) is 21.3. The zero-order valence-electron chi connectivity index (χ0n) is 21.3. The molecule has 0 aliphatic carbocycles. The maximum atomic E-state index is 12.8. The summed E-state index contributed by atoms with van der Waals surface area (Å²) in [5, 5.41) is 13.6. The van der Waals surface area contributed by atoms with Crippen LogP contribution in [0.4, 0.5) is 17.2 Å². The van der Waals surface area contributed by atoms with Crippen LogP contribution in [0.3, 0.4) is 0 Å². The van der Waals surface area contributed by atoms with Gasteiger partial charge >= 0.3 is 0 Å². The van der Waals surface area contributed by atoms with Gasteiger partial charge in [0.15, 0.2) is 23.1 Å². The molecule has 0 saturated heterocycles. The van der Waals surface area contributed by atoms with Gasteiger partial charge in [-0.3, -0.25) is 19.1 Å². The van der Waals surface area contributed by atoms with Crippen molar-refractivity contribution in [3.8, 4) is 28.5 Å². The first kappa shape index (κ1) is 23.8. The number of carbonyl (C=O) groups excluding carboxylic acids is 1. The van der Waals surface area contributed by atoms with E-state index in [0.29, 0.717) is 45.8 Å². The Kier molecular flexibility index (Phi) is 5.72. The summed E-state index contributed by atoms with van der Waals surface area (Å²) in [6.07, 6.45) is 6.54. The van der Waals surface area contributed by atoms with Crippen LogP contribution in [0.15, 0.2) is 73.6 Å². The monoisotopic (exact) mass is 521 g/mol. The molecule has 2 aromatic carbocycles. The molecular formula is C26H23N11O2. The van der Waals surface area contributed by atoms with Crippen LogP contribution in [-0.2, 0) is 14.1 Å². The fraction of sp³-hybridized carbons (Fsp3) is 0.115. The summed E-state index contributed by atoms with van der Waals surface area (Å²) in [7, 11) is 5.18. The van der Waals surface area contributed by atoms with Gasteiger partial charge in [0.25, 0.3) is 5.91 Å². The Hall–Kier alpha value is -5.59. The van der Waals surface area contributed by atoms with Crippen LogP contribution in [0.2, 0.25) is 0 Å². The summed E-state index contributed by atoms with van der Waals surface area (Å²) in [4.78, 5) is 27.8. The van der Waals surface area contributed by atoms with Gasteiger partial charge in [0.1, 0.15) is 24.0 Å². The van der Waals surface area contributed by atoms with Gasteiger partial charge in [-0.1, -0.05) is 12.1 Å². The SMILES string of the molecule is COc1cc(-c2ncn(C)n2)cc(N(c2cccc(-c3ncn(C)n3)c2)c2nn3cccnc3c2C(N)=O)c1. The lowest BCUT2D eigenvalue weighted by Gasteiger charge is -2.25. The highest BCUT2D eigenvalue weighted by Crippen LogP contribution is 2.41. The van der Waals surface area contributed by atoms with E-state index in [4.69, 9.17) is 15.6 Å². The molecule has 0 aliphatic rings. The lowest BCUT2D eigenvalue weighted by molar-refractivity contribution is 0.100. The second-order valence-electron chi connectivity index (χ2n) is 8.74. The molecule has 6 aromatic rings. The highest BCUT2D eigenvalue weighted by atomic mass is 16.5. The Morgan fingerprint density at radius 1 is 0.872 bits per heavy atom. The normalized spacial score (nSPS) is 11.2. The minimum atomic E-state index is -0.666. The largest absolute Gasteiger partial charge is 0.497 e. The van der Waals surface area contributed by atoms with Crippen molar-refractivity contribution in [2.45, 2.75) is 0 Å². The number of hydrogen-bond donors (Lipinski definition) is 1. The molecule has 0 radical (unpaired) electrons. The molecule has 0 saturated carbocycles. The number of benzene rings is 2. The van der Waals surface area contributed by atoms with Gasteiger partial charge in [0.05, 0.1) is 12.8 Å². The lowest BCUT2D eigenvalue weighted by atomic mass is 10.1. The molecule has 2 N–H and O–H groups in total. The molecule has 4 aromatic heterocycles. The number of rotatable bonds is 7. The average Bonchev–Trinajstić information content (AvgIpc) is 3.67. The number of carbonyl (C=O) groups is 1. The summed E-state index contributed by atoms with van der Waals surface area (Å²) >= 11 is 0. The van der Waals surface area contributed by atoms with Gasteiger partial charge in [-0.25, -0.2) is 19.5 Å². The van der Waals surface area contributed by atoms with E-state index in [1.165, 1.54) is 4.52 Å². The van der Waals surface area contributed by atoms with Crippen LogP contribution in [0.1, 0.15) is 10.4 Å². The van der Waals surface area contributed by atoms with Crippen molar-refractivity contribution in [3.05, 3.63) is 79.1 Å². The number of hydrogen-bond acceptors (Lipinski definition) is 9. The molecule has 6 rings (SSSR count). The van der Waals surface area contributed by atoms with E-state index in [0.717, 1.165) is 5.56 Å². The number of nitrogens with zero attached hydrogens (tertiary/aromatic N) is 10. The van der Waals surface area contributed by atoms with Crippen molar-refractivity contribution < 1.29 is 9.53 Å². The van der Waals surface area contributed by atoms with Gasteiger partial charge < -0.3 is 10.5 Å². The van der Waals surface area contributed by atoms with E-state index in [-0.39, 0.29) is 5.56 Å². The standard InChI is InChI=1S/C26H23N11O2/c1-34-14-29-23(31-34)16-6-4-7-18(10-16)37(26-21(22(27)38)25-28-8-5-9-36(25)33-26)19-11-17(12-20(13-19)39-3)24-30-15-35(2)32-24/h4-15H,1-3H3,(H2,27,38). The van der Waals surface area contributed by atoms with Crippen molar-refractivity contribution in [1.29, 1.82) is 0 Å². The first-order valence-corrected chi connectivity index (χ1v) is 11.9. The van der Waals surface area contributed by atoms with E-state index in [1.54, 1.807) is 61.7 Å². The zero-order chi connectivity index (χ0) is 27.1. The maximum Gasteiger partial charge on any atom is 0.256 e. The molecular weight excluding hydrogens is 498 g/mol. The van der Waals surface area contributed by atoms with E-state index < -0.39 is 5.91 Å². The van der Waals surface area contributed by atoms with Crippen LogP contribution >= 0.6 is 0 Å². The quantitative estimate of drug-likeness (QED) is 0.335. The van der Waals surface area contributed by atoms with Crippen molar-refractivity contribution in [2.24, 2.45) is 19.8 Å². The molecule has 39 heavy (non-hydrogen) atoms. The van der Waals surface area contributed by atoms with Crippen LogP contribution in [0, 0.1) is 0 Å². The van der Waals surface area contributed by atoms with Crippen LogP contribution in [0.5, 0.6) is 5.75 Å². The number of methoxy groups -OCH3 is 1. The first-order valence-electron chi connectivity index (χ1n) is 11.9. The summed E-state index contributed by atoms with van der Waals surface area (Å²) in [6.45, 7) is 0. The third kappa shape index (κ3) is 4.31. The summed E-state index contributed by atoms with van der Waals surface area (Å²) in [5.74, 6) is 1.25. The Labute approximate surface area is 222 Å². The van der Waals surface area contributed by atoms with Crippen molar-refractivity contribution in [3.63, 3.8) is 0 Å². The van der Waals surface area contributed by atoms with Crippen molar-refractivity contribution in [1.82, 2.24) is 44.1 Å². The van der Waals surface area contributed by atoms with E-state index in [2.05, 4.69) is 25.1 Å². The number of nitrogens with two attached hydrogens (primary N) is 1. The number of ether oxygens (including phenoxy) is 1. The molecule has 0 fully saturated rings. The number of primary amides is 1. The molecule has 0 atom stereocenters. The fourth-order valence-corrected chi connectivity index (χ4v) is 4.33. The van der Waals surface area contributed by atoms with E-state index in [1.807, 2.05) is 47.4 Å². The molecule has 0 aliphatic heterocycles. The Morgan fingerprint density at radius 3 is 2.26 bits per heavy atom. The molecule has 1 amide bonds. The summed E-state index contributed by atoms with van der Waals surface area (Å²) < 4.78 is 10.4. The Balaban J connectivity index is 1.63.